The van der Waals surface area contributed by atoms with E-state index in [-0.39, 0.29) is 11.6 Å². The molecular formula is C14H16N2O4. The number of hydrogen-bond acceptors (Lipinski definition) is 3. The minimum Gasteiger partial charge on any atom is -0.478 e. The summed E-state index contributed by atoms with van der Waals surface area (Å²) in [6.45, 7) is 1.50. The molecule has 2 aliphatic rings. The second-order valence-electron chi connectivity index (χ2n) is 5.22. The third-order valence-electron chi connectivity index (χ3n) is 3.89. The maximum absolute atomic E-state index is 12.4. The standard InChI is InChI=1S/C14H16N2O4/c17-11-4-5-15(8-11)14(20)16-6-3-9-7-10(13(18)19)1-2-12(9)16/h1-2,7,11,17H,3-6,8H2,(H,18,19). The van der Waals surface area contributed by atoms with E-state index in [0.29, 0.717) is 32.5 Å². The minimum absolute atomic E-state index is 0.108. The predicted octanol–water partition coefficient (Wildman–Crippen LogP) is 0.934. The van der Waals surface area contributed by atoms with Crippen molar-refractivity contribution in [3.8, 4) is 0 Å². The van der Waals surface area contributed by atoms with Gasteiger partial charge in [0.2, 0.25) is 0 Å². The van der Waals surface area contributed by atoms with E-state index >= 15 is 0 Å². The fourth-order valence-corrected chi connectivity index (χ4v) is 2.82. The van der Waals surface area contributed by atoms with Crippen molar-refractivity contribution in [2.24, 2.45) is 0 Å². The molecular weight excluding hydrogens is 260 g/mol. The van der Waals surface area contributed by atoms with Crippen LogP contribution < -0.4 is 4.90 Å². The average molecular weight is 276 g/mol. The van der Waals surface area contributed by atoms with Gasteiger partial charge in [-0.05, 0) is 36.6 Å². The molecule has 0 aromatic heterocycles. The van der Waals surface area contributed by atoms with Crippen LogP contribution in [0.25, 0.3) is 0 Å². The van der Waals surface area contributed by atoms with E-state index in [0.717, 1.165) is 11.3 Å². The van der Waals surface area contributed by atoms with Crippen molar-refractivity contribution in [3.05, 3.63) is 29.3 Å². The molecule has 1 aromatic carbocycles. The molecule has 0 aliphatic carbocycles. The topological polar surface area (TPSA) is 81.1 Å². The van der Waals surface area contributed by atoms with Crippen molar-refractivity contribution in [1.29, 1.82) is 0 Å². The Morgan fingerprint density at radius 2 is 2.05 bits per heavy atom. The highest BCUT2D eigenvalue weighted by Gasteiger charge is 2.32. The number of β-amino-alcohol motifs (C(OH)–C–C–N with tert-alkyl or cyclic N) is 1. The Balaban J connectivity index is 1.82. The van der Waals surface area contributed by atoms with Gasteiger partial charge in [0, 0.05) is 25.3 Å². The molecule has 0 radical (unpaired) electrons. The lowest BCUT2D eigenvalue weighted by atomic mass is 10.1. The summed E-state index contributed by atoms with van der Waals surface area (Å²) >= 11 is 0. The van der Waals surface area contributed by atoms with Gasteiger partial charge in [-0.1, -0.05) is 0 Å². The molecule has 0 bridgehead atoms. The van der Waals surface area contributed by atoms with Crippen molar-refractivity contribution >= 4 is 17.7 Å². The molecule has 2 heterocycles. The van der Waals surface area contributed by atoms with Crippen LogP contribution >= 0.6 is 0 Å². The first-order valence-electron chi connectivity index (χ1n) is 6.67. The molecule has 1 atom stereocenters. The number of amides is 2. The Morgan fingerprint density at radius 3 is 2.70 bits per heavy atom. The maximum atomic E-state index is 12.4. The summed E-state index contributed by atoms with van der Waals surface area (Å²) in [7, 11) is 0. The number of rotatable bonds is 1. The van der Waals surface area contributed by atoms with E-state index < -0.39 is 12.1 Å². The molecule has 3 rings (SSSR count). The lowest BCUT2D eigenvalue weighted by Gasteiger charge is -2.24. The molecule has 2 aliphatic heterocycles. The van der Waals surface area contributed by atoms with Gasteiger partial charge in [0.05, 0.1) is 11.7 Å². The Kier molecular flexibility index (Phi) is 3.10. The lowest BCUT2D eigenvalue weighted by molar-refractivity contribution is 0.0696. The van der Waals surface area contributed by atoms with E-state index in [4.69, 9.17) is 5.11 Å². The third kappa shape index (κ3) is 2.12. The Bertz CT molecular complexity index is 572. The van der Waals surface area contributed by atoms with Gasteiger partial charge in [0.1, 0.15) is 0 Å². The van der Waals surface area contributed by atoms with Crippen LogP contribution in [0, 0.1) is 0 Å². The summed E-state index contributed by atoms with van der Waals surface area (Å²) in [6.07, 6.45) is 0.846. The number of urea groups is 1. The SMILES string of the molecule is O=C(O)c1ccc2c(c1)CCN2C(=O)N1CCC(O)C1. The Hall–Kier alpha value is -2.08. The molecule has 2 N–H and O–H groups in total. The summed E-state index contributed by atoms with van der Waals surface area (Å²) in [5, 5.41) is 18.5. The monoisotopic (exact) mass is 276 g/mol. The Labute approximate surface area is 116 Å². The van der Waals surface area contributed by atoms with Crippen molar-refractivity contribution in [3.63, 3.8) is 0 Å². The average Bonchev–Trinajstić information content (AvgIpc) is 3.03. The number of aliphatic hydroxyl groups excluding tert-OH is 1. The van der Waals surface area contributed by atoms with E-state index in [1.807, 2.05) is 0 Å². The van der Waals surface area contributed by atoms with Gasteiger partial charge < -0.3 is 15.1 Å². The van der Waals surface area contributed by atoms with Gasteiger partial charge in [0.15, 0.2) is 0 Å². The quantitative estimate of drug-likeness (QED) is 0.799. The van der Waals surface area contributed by atoms with Crippen molar-refractivity contribution < 1.29 is 19.8 Å². The molecule has 6 nitrogen and oxygen atoms in total. The van der Waals surface area contributed by atoms with Crippen molar-refractivity contribution in [2.45, 2.75) is 18.9 Å². The predicted molar refractivity (Wildman–Crippen MR) is 72.0 cm³/mol. The van der Waals surface area contributed by atoms with E-state index in [1.54, 1.807) is 21.9 Å². The number of carboxylic acids is 1. The number of benzene rings is 1. The first-order chi connectivity index (χ1) is 9.56. The van der Waals surface area contributed by atoms with Gasteiger partial charge in [-0.15, -0.1) is 0 Å². The van der Waals surface area contributed by atoms with Crippen molar-refractivity contribution in [2.75, 3.05) is 24.5 Å². The van der Waals surface area contributed by atoms with Gasteiger partial charge in [-0.2, -0.15) is 0 Å². The van der Waals surface area contributed by atoms with Crippen molar-refractivity contribution in [1.82, 2.24) is 4.90 Å². The van der Waals surface area contributed by atoms with Gasteiger partial charge in [-0.25, -0.2) is 9.59 Å². The van der Waals surface area contributed by atoms with E-state index in [2.05, 4.69) is 0 Å². The van der Waals surface area contributed by atoms with Crippen LogP contribution in [0.5, 0.6) is 0 Å². The summed E-state index contributed by atoms with van der Waals surface area (Å²) < 4.78 is 0. The van der Waals surface area contributed by atoms with Crippen LogP contribution in [0.2, 0.25) is 0 Å². The normalized spacial score (nSPS) is 21.1. The molecule has 2 amide bonds. The summed E-state index contributed by atoms with van der Waals surface area (Å²) in [6, 6.07) is 4.73. The van der Waals surface area contributed by atoms with Crippen LogP contribution in [0.4, 0.5) is 10.5 Å². The number of aliphatic hydroxyl groups is 1. The largest absolute Gasteiger partial charge is 0.478 e. The first-order valence-corrected chi connectivity index (χ1v) is 6.67. The van der Waals surface area contributed by atoms with Crippen LogP contribution in [-0.4, -0.2) is 52.9 Å². The molecule has 6 heteroatoms. The maximum Gasteiger partial charge on any atom is 0.335 e. The van der Waals surface area contributed by atoms with Crippen LogP contribution in [0.15, 0.2) is 18.2 Å². The second kappa shape index (κ2) is 4.79. The molecule has 0 saturated carbocycles. The molecule has 20 heavy (non-hydrogen) atoms. The highest BCUT2D eigenvalue weighted by atomic mass is 16.4. The zero-order valence-corrected chi connectivity index (χ0v) is 11.0. The molecule has 1 aromatic rings. The molecule has 0 spiro atoms. The zero-order chi connectivity index (χ0) is 14.3. The fraction of sp³-hybridized carbons (Fsp3) is 0.429. The molecule has 106 valence electrons. The number of aromatic carboxylic acids is 1. The second-order valence-corrected chi connectivity index (χ2v) is 5.22. The van der Waals surface area contributed by atoms with Gasteiger partial charge >= 0.3 is 12.0 Å². The van der Waals surface area contributed by atoms with Crippen LogP contribution in [0.1, 0.15) is 22.3 Å². The smallest absolute Gasteiger partial charge is 0.335 e. The van der Waals surface area contributed by atoms with E-state index in [1.165, 1.54) is 6.07 Å². The number of nitrogens with zero attached hydrogens (tertiary/aromatic N) is 2. The number of anilines is 1. The Morgan fingerprint density at radius 1 is 1.25 bits per heavy atom. The summed E-state index contributed by atoms with van der Waals surface area (Å²) in [5.41, 5.74) is 1.91. The third-order valence-corrected chi connectivity index (χ3v) is 3.89. The molecule has 1 fully saturated rings. The number of carbonyl (C=O) groups excluding carboxylic acids is 1. The zero-order valence-electron chi connectivity index (χ0n) is 11.0. The first kappa shape index (κ1) is 12.9. The number of carboxylic acid groups (broad SMARTS) is 1. The molecule has 1 saturated heterocycles. The lowest BCUT2D eigenvalue weighted by Crippen LogP contribution is -2.41. The highest BCUT2D eigenvalue weighted by molar-refractivity contribution is 5.96. The number of hydrogen-bond donors (Lipinski definition) is 2. The molecule has 1 unspecified atom stereocenters. The fourth-order valence-electron chi connectivity index (χ4n) is 2.82. The summed E-state index contributed by atoms with van der Waals surface area (Å²) in [4.78, 5) is 26.7. The van der Waals surface area contributed by atoms with Crippen LogP contribution in [0.3, 0.4) is 0 Å². The number of carbonyl (C=O) groups is 2. The number of likely N-dealkylation sites (tertiary alicyclic amines) is 1. The minimum atomic E-state index is -0.958. The van der Waals surface area contributed by atoms with Gasteiger partial charge in [-0.3, -0.25) is 4.90 Å². The number of fused-ring (bicyclic) bond motifs is 1. The highest BCUT2D eigenvalue weighted by Crippen LogP contribution is 2.30. The van der Waals surface area contributed by atoms with E-state index in [9.17, 15) is 14.7 Å². The summed E-state index contributed by atoms with van der Waals surface area (Å²) in [5.74, 6) is -0.958. The van der Waals surface area contributed by atoms with Crippen LogP contribution in [-0.2, 0) is 6.42 Å². The van der Waals surface area contributed by atoms with Gasteiger partial charge in [0.25, 0.3) is 0 Å².